The van der Waals surface area contributed by atoms with E-state index in [-0.39, 0.29) is 0 Å². The van der Waals surface area contributed by atoms with Crippen molar-refractivity contribution < 1.29 is 4.74 Å². The van der Waals surface area contributed by atoms with Crippen LogP contribution in [-0.2, 0) is 6.42 Å². The molecule has 102 valence electrons. The minimum absolute atomic E-state index is 0.484. The van der Waals surface area contributed by atoms with E-state index >= 15 is 0 Å². The molecule has 19 heavy (non-hydrogen) atoms. The molecule has 0 aliphatic heterocycles. The molecule has 0 aromatic carbocycles. The van der Waals surface area contributed by atoms with Crippen molar-refractivity contribution in [1.29, 1.82) is 0 Å². The Morgan fingerprint density at radius 3 is 2.89 bits per heavy atom. The van der Waals surface area contributed by atoms with Gasteiger partial charge in [-0.1, -0.05) is 0 Å². The second kappa shape index (κ2) is 6.38. The summed E-state index contributed by atoms with van der Waals surface area (Å²) in [6.07, 6.45) is 0.883. The molecule has 0 atom stereocenters. The van der Waals surface area contributed by atoms with E-state index in [0.29, 0.717) is 18.2 Å². The summed E-state index contributed by atoms with van der Waals surface area (Å²) in [5.74, 6) is 1.25. The molecule has 2 heterocycles. The predicted octanol–water partition coefficient (Wildman–Crippen LogP) is 2.48. The van der Waals surface area contributed by atoms with Crippen LogP contribution >= 0.6 is 11.3 Å². The van der Waals surface area contributed by atoms with Gasteiger partial charge in [-0.05, 0) is 26.0 Å². The van der Waals surface area contributed by atoms with Crippen LogP contribution < -0.4 is 15.8 Å². The summed E-state index contributed by atoms with van der Waals surface area (Å²) in [5.41, 5.74) is 7.41. The highest BCUT2D eigenvalue weighted by molar-refractivity contribution is 7.09. The van der Waals surface area contributed by atoms with Crippen molar-refractivity contribution in [2.45, 2.75) is 20.3 Å². The van der Waals surface area contributed by atoms with Gasteiger partial charge in [-0.3, -0.25) is 0 Å². The first-order chi connectivity index (χ1) is 9.19. The zero-order valence-corrected chi connectivity index (χ0v) is 12.0. The fraction of sp³-hybridized carbons (Fsp3) is 0.385. The Bertz CT molecular complexity index is 541. The molecule has 0 amide bonds. The van der Waals surface area contributed by atoms with E-state index in [1.54, 1.807) is 17.4 Å². The third-order valence-corrected chi connectivity index (χ3v) is 3.51. The van der Waals surface area contributed by atoms with Crippen molar-refractivity contribution in [1.82, 2.24) is 9.97 Å². The van der Waals surface area contributed by atoms with Crippen molar-refractivity contribution >= 4 is 22.8 Å². The zero-order chi connectivity index (χ0) is 13.7. The lowest BCUT2D eigenvalue weighted by Gasteiger charge is -2.09. The Morgan fingerprint density at radius 1 is 1.37 bits per heavy atom. The quantitative estimate of drug-likeness (QED) is 0.849. The van der Waals surface area contributed by atoms with Crippen molar-refractivity contribution in [3.05, 3.63) is 28.2 Å². The van der Waals surface area contributed by atoms with Crippen molar-refractivity contribution in [3.63, 3.8) is 0 Å². The number of hydrogen-bond donors (Lipinski definition) is 2. The van der Waals surface area contributed by atoms with Crippen LogP contribution in [0.15, 0.2) is 17.5 Å². The molecule has 0 spiro atoms. The highest BCUT2D eigenvalue weighted by Gasteiger charge is 2.04. The lowest BCUT2D eigenvalue weighted by atomic mass is 10.3. The summed E-state index contributed by atoms with van der Waals surface area (Å²) < 4.78 is 5.36. The normalized spacial score (nSPS) is 10.4. The second-order valence-electron chi connectivity index (χ2n) is 4.08. The number of aryl methyl sites for hydroxylation is 1. The van der Waals surface area contributed by atoms with Gasteiger partial charge in [0.15, 0.2) is 0 Å². The third kappa shape index (κ3) is 3.82. The van der Waals surface area contributed by atoms with Crippen LogP contribution in [0.1, 0.15) is 17.6 Å². The lowest BCUT2D eigenvalue weighted by Crippen LogP contribution is -2.08. The molecule has 0 aliphatic carbocycles. The summed E-state index contributed by atoms with van der Waals surface area (Å²) in [6.45, 7) is 5.25. The molecule has 0 radical (unpaired) electrons. The van der Waals surface area contributed by atoms with Crippen molar-refractivity contribution in [2.75, 3.05) is 24.2 Å². The van der Waals surface area contributed by atoms with Crippen LogP contribution in [0.3, 0.4) is 0 Å². The van der Waals surface area contributed by atoms with E-state index in [4.69, 9.17) is 10.5 Å². The van der Waals surface area contributed by atoms with E-state index in [0.717, 1.165) is 29.5 Å². The molecular formula is C13H18N4OS. The SMILES string of the molecule is CCOc1nc(NCCc2nc(C)cs2)ccc1N. The molecule has 6 heteroatoms. The minimum atomic E-state index is 0.484. The van der Waals surface area contributed by atoms with Gasteiger partial charge in [-0.25, -0.2) is 4.98 Å². The molecule has 0 unspecified atom stereocenters. The predicted molar refractivity (Wildman–Crippen MR) is 78.9 cm³/mol. The number of hydrogen-bond acceptors (Lipinski definition) is 6. The van der Waals surface area contributed by atoms with E-state index in [2.05, 4.69) is 20.7 Å². The van der Waals surface area contributed by atoms with Gasteiger partial charge in [-0.15, -0.1) is 11.3 Å². The standard InChI is InChI=1S/C13H18N4OS/c1-3-18-13-10(14)4-5-11(17-13)15-7-6-12-16-9(2)8-19-12/h4-5,8H,3,6-7,14H2,1-2H3,(H,15,17). The van der Waals surface area contributed by atoms with Gasteiger partial charge in [0.1, 0.15) is 5.82 Å². The van der Waals surface area contributed by atoms with Gasteiger partial charge in [0, 0.05) is 24.0 Å². The topological polar surface area (TPSA) is 73.1 Å². The van der Waals surface area contributed by atoms with Crippen LogP contribution in [0.2, 0.25) is 0 Å². The number of rotatable bonds is 6. The summed E-state index contributed by atoms with van der Waals surface area (Å²) in [7, 11) is 0. The maximum absolute atomic E-state index is 5.77. The largest absolute Gasteiger partial charge is 0.476 e. The van der Waals surface area contributed by atoms with Gasteiger partial charge in [-0.2, -0.15) is 4.98 Å². The number of nitrogens with one attached hydrogen (secondary N) is 1. The Hall–Kier alpha value is -1.82. The molecule has 2 rings (SSSR count). The number of pyridine rings is 1. The van der Waals surface area contributed by atoms with Gasteiger partial charge in [0.25, 0.3) is 0 Å². The van der Waals surface area contributed by atoms with Crippen LogP contribution in [0.5, 0.6) is 5.88 Å². The minimum Gasteiger partial charge on any atom is -0.476 e. The highest BCUT2D eigenvalue weighted by atomic mass is 32.1. The van der Waals surface area contributed by atoms with E-state index in [1.165, 1.54) is 0 Å². The first-order valence-electron chi connectivity index (χ1n) is 6.23. The molecule has 0 saturated carbocycles. The average molecular weight is 278 g/mol. The molecular weight excluding hydrogens is 260 g/mol. The molecule has 0 bridgehead atoms. The number of anilines is 2. The van der Waals surface area contributed by atoms with E-state index in [1.807, 2.05) is 19.9 Å². The fourth-order valence-corrected chi connectivity index (χ4v) is 2.39. The molecule has 0 aliphatic rings. The Kier molecular flexibility index (Phi) is 4.57. The Morgan fingerprint density at radius 2 is 2.21 bits per heavy atom. The zero-order valence-electron chi connectivity index (χ0n) is 11.1. The highest BCUT2D eigenvalue weighted by Crippen LogP contribution is 2.20. The van der Waals surface area contributed by atoms with Gasteiger partial charge < -0.3 is 15.8 Å². The van der Waals surface area contributed by atoms with E-state index in [9.17, 15) is 0 Å². The fourth-order valence-electron chi connectivity index (χ4n) is 1.62. The number of nitrogens with zero attached hydrogens (tertiary/aromatic N) is 2. The number of nitrogen functional groups attached to an aromatic ring is 1. The smallest absolute Gasteiger partial charge is 0.239 e. The number of aromatic nitrogens is 2. The van der Waals surface area contributed by atoms with Crippen molar-refractivity contribution in [2.24, 2.45) is 0 Å². The Balaban J connectivity index is 1.90. The van der Waals surface area contributed by atoms with Crippen molar-refractivity contribution in [3.8, 4) is 5.88 Å². The second-order valence-corrected chi connectivity index (χ2v) is 5.03. The summed E-state index contributed by atoms with van der Waals surface area (Å²) in [5, 5.41) is 6.44. The maximum atomic E-state index is 5.77. The summed E-state index contributed by atoms with van der Waals surface area (Å²) >= 11 is 1.68. The monoisotopic (exact) mass is 278 g/mol. The van der Waals surface area contributed by atoms with Crippen LogP contribution in [0.25, 0.3) is 0 Å². The summed E-state index contributed by atoms with van der Waals surface area (Å²) in [6, 6.07) is 3.65. The maximum Gasteiger partial charge on any atom is 0.239 e. The van der Waals surface area contributed by atoms with E-state index < -0.39 is 0 Å². The van der Waals surface area contributed by atoms with Crippen LogP contribution in [-0.4, -0.2) is 23.1 Å². The third-order valence-electron chi connectivity index (χ3n) is 2.48. The lowest BCUT2D eigenvalue weighted by molar-refractivity contribution is 0.329. The number of thiazole rings is 1. The molecule has 2 aromatic rings. The number of ether oxygens (including phenoxy) is 1. The number of nitrogens with two attached hydrogens (primary N) is 1. The first-order valence-corrected chi connectivity index (χ1v) is 7.11. The molecule has 0 saturated heterocycles. The van der Waals surface area contributed by atoms with Crippen LogP contribution in [0, 0.1) is 6.92 Å². The molecule has 0 fully saturated rings. The summed E-state index contributed by atoms with van der Waals surface area (Å²) in [4.78, 5) is 8.74. The van der Waals surface area contributed by atoms with Gasteiger partial charge in [0.05, 0.1) is 17.3 Å². The van der Waals surface area contributed by atoms with Gasteiger partial charge in [0.2, 0.25) is 5.88 Å². The molecule has 2 aromatic heterocycles. The molecule has 5 nitrogen and oxygen atoms in total. The van der Waals surface area contributed by atoms with Crippen LogP contribution in [0.4, 0.5) is 11.5 Å². The first kappa shape index (κ1) is 13.6. The van der Waals surface area contributed by atoms with Gasteiger partial charge >= 0.3 is 0 Å². The Labute approximate surface area is 116 Å². The average Bonchev–Trinajstić information content (AvgIpc) is 2.79. The molecule has 3 N–H and O–H groups in total.